The second kappa shape index (κ2) is 9.74. The molecule has 1 aromatic carbocycles. The molecule has 3 N–H and O–H groups in total. The van der Waals surface area contributed by atoms with Crippen LogP contribution in [0.3, 0.4) is 0 Å². The minimum atomic E-state index is -3.60. The lowest BCUT2D eigenvalue weighted by Gasteiger charge is -2.08. The number of nitrogens with one attached hydrogen (secondary N) is 3. The van der Waals surface area contributed by atoms with E-state index in [-0.39, 0.29) is 29.5 Å². The third-order valence-electron chi connectivity index (χ3n) is 2.89. The third-order valence-corrected chi connectivity index (χ3v) is 4.45. The summed E-state index contributed by atoms with van der Waals surface area (Å²) in [5, 5.41) is 4.80. The molecule has 0 spiro atoms. The number of ether oxygens (including phenoxy) is 1. The van der Waals surface area contributed by atoms with E-state index >= 15 is 0 Å². The summed E-state index contributed by atoms with van der Waals surface area (Å²) in [6.07, 6.45) is 0. The van der Waals surface area contributed by atoms with Crippen LogP contribution in [0.4, 0.5) is 0 Å². The van der Waals surface area contributed by atoms with E-state index in [0.717, 1.165) is 0 Å². The highest BCUT2D eigenvalue weighted by molar-refractivity contribution is 7.89. The summed E-state index contributed by atoms with van der Waals surface area (Å²) >= 11 is 0. The van der Waals surface area contributed by atoms with Crippen molar-refractivity contribution in [1.82, 2.24) is 15.4 Å². The van der Waals surface area contributed by atoms with Gasteiger partial charge >= 0.3 is 5.97 Å². The SMILES string of the molecule is CCNC(=O)CNC(=O)COC(=O)c1ccc(S(=O)(=O)NCC)cc1. The van der Waals surface area contributed by atoms with Crippen LogP contribution in [0.25, 0.3) is 0 Å². The number of carbonyl (C=O) groups excluding carboxylic acids is 3. The predicted molar refractivity (Wildman–Crippen MR) is 89.3 cm³/mol. The quantitative estimate of drug-likeness (QED) is 0.497. The van der Waals surface area contributed by atoms with E-state index in [1.165, 1.54) is 24.3 Å². The lowest BCUT2D eigenvalue weighted by atomic mass is 10.2. The first kappa shape index (κ1) is 20.6. The molecule has 1 aromatic rings. The van der Waals surface area contributed by atoms with Crippen LogP contribution in [-0.2, 0) is 24.3 Å². The van der Waals surface area contributed by atoms with Crippen molar-refractivity contribution < 1.29 is 27.5 Å². The maximum Gasteiger partial charge on any atom is 0.338 e. The molecule has 0 heterocycles. The molecule has 10 heteroatoms. The Kier molecular flexibility index (Phi) is 8.02. The molecule has 0 saturated carbocycles. The van der Waals surface area contributed by atoms with E-state index in [1.54, 1.807) is 13.8 Å². The molecule has 0 aliphatic rings. The van der Waals surface area contributed by atoms with E-state index in [1.807, 2.05) is 0 Å². The van der Waals surface area contributed by atoms with Gasteiger partial charge in [0.1, 0.15) is 0 Å². The summed E-state index contributed by atoms with van der Waals surface area (Å²) in [6.45, 7) is 3.34. The Balaban J connectivity index is 2.53. The molecule has 0 saturated heterocycles. The van der Waals surface area contributed by atoms with Gasteiger partial charge in [-0.1, -0.05) is 6.92 Å². The van der Waals surface area contributed by atoms with Crippen molar-refractivity contribution in [3.8, 4) is 0 Å². The smallest absolute Gasteiger partial charge is 0.338 e. The van der Waals surface area contributed by atoms with E-state index in [9.17, 15) is 22.8 Å². The predicted octanol–water partition coefficient (Wildman–Crippen LogP) is -0.606. The highest BCUT2D eigenvalue weighted by Crippen LogP contribution is 2.11. The second-order valence-corrected chi connectivity index (χ2v) is 6.60. The Morgan fingerprint density at radius 2 is 1.60 bits per heavy atom. The van der Waals surface area contributed by atoms with Crippen LogP contribution in [-0.4, -0.2) is 52.4 Å². The van der Waals surface area contributed by atoms with E-state index in [0.29, 0.717) is 6.54 Å². The first-order valence-electron chi connectivity index (χ1n) is 7.60. The molecule has 0 aliphatic carbocycles. The van der Waals surface area contributed by atoms with Gasteiger partial charge < -0.3 is 15.4 Å². The Bertz CT molecular complexity index is 715. The summed E-state index contributed by atoms with van der Waals surface area (Å²) in [6, 6.07) is 5.12. The average molecular weight is 371 g/mol. The number of esters is 1. The van der Waals surface area contributed by atoms with Gasteiger partial charge in [-0.2, -0.15) is 0 Å². The summed E-state index contributed by atoms with van der Waals surface area (Å²) in [4.78, 5) is 34.5. The molecule has 0 atom stereocenters. The van der Waals surface area contributed by atoms with E-state index in [2.05, 4.69) is 15.4 Å². The van der Waals surface area contributed by atoms with Gasteiger partial charge in [0.15, 0.2) is 6.61 Å². The van der Waals surface area contributed by atoms with Gasteiger partial charge in [-0.25, -0.2) is 17.9 Å². The third kappa shape index (κ3) is 6.89. The van der Waals surface area contributed by atoms with Gasteiger partial charge in [0.2, 0.25) is 15.9 Å². The average Bonchev–Trinajstić information content (AvgIpc) is 2.58. The first-order valence-corrected chi connectivity index (χ1v) is 9.08. The number of carbonyl (C=O) groups is 3. The molecule has 0 unspecified atom stereocenters. The fraction of sp³-hybridized carbons (Fsp3) is 0.400. The molecular weight excluding hydrogens is 350 g/mol. The number of benzene rings is 1. The lowest BCUT2D eigenvalue weighted by Crippen LogP contribution is -2.38. The molecule has 25 heavy (non-hydrogen) atoms. The number of hydrogen-bond acceptors (Lipinski definition) is 6. The van der Waals surface area contributed by atoms with Gasteiger partial charge in [0.05, 0.1) is 17.0 Å². The monoisotopic (exact) mass is 371 g/mol. The van der Waals surface area contributed by atoms with Crippen LogP contribution in [0.1, 0.15) is 24.2 Å². The van der Waals surface area contributed by atoms with E-state index < -0.39 is 28.5 Å². The van der Waals surface area contributed by atoms with E-state index in [4.69, 9.17) is 4.74 Å². The van der Waals surface area contributed by atoms with Gasteiger partial charge in [-0.3, -0.25) is 9.59 Å². The normalized spacial score (nSPS) is 10.8. The van der Waals surface area contributed by atoms with Crippen molar-refractivity contribution in [1.29, 1.82) is 0 Å². The number of sulfonamides is 1. The standard InChI is InChI=1S/C15H21N3O6S/c1-3-16-13(19)9-17-14(20)10-24-15(21)11-5-7-12(8-6-11)25(22,23)18-4-2/h5-8,18H,3-4,9-10H2,1-2H3,(H,16,19)(H,17,20). The molecule has 9 nitrogen and oxygen atoms in total. The largest absolute Gasteiger partial charge is 0.452 e. The highest BCUT2D eigenvalue weighted by atomic mass is 32.2. The molecule has 0 fully saturated rings. The molecule has 0 aromatic heterocycles. The molecular formula is C15H21N3O6S. The molecule has 0 aliphatic heterocycles. The zero-order valence-electron chi connectivity index (χ0n) is 14.0. The summed E-state index contributed by atoms with van der Waals surface area (Å²) in [5.74, 6) is -1.74. The Hall–Kier alpha value is -2.46. The van der Waals surface area contributed by atoms with Gasteiger partial charge in [0, 0.05) is 13.1 Å². The van der Waals surface area contributed by atoms with Crippen molar-refractivity contribution in [2.45, 2.75) is 18.7 Å². The zero-order valence-corrected chi connectivity index (χ0v) is 14.8. The summed E-state index contributed by atoms with van der Waals surface area (Å²) in [7, 11) is -3.60. The van der Waals surface area contributed by atoms with Crippen molar-refractivity contribution in [3.63, 3.8) is 0 Å². The maximum atomic E-state index is 11.8. The van der Waals surface area contributed by atoms with Crippen molar-refractivity contribution in [3.05, 3.63) is 29.8 Å². The number of rotatable bonds is 9. The van der Waals surface area contributed by atoms with Crippen LogP contribution >= 0.6 is 0 Å². The molecule has 1 rings (SSSR count). The number of likely N-dealkylation sites (N-methyl/N-ethyl adjacent to an activating group) is 1. The molecule has 0 bridgehead atoms. The minimum Gasteiger partial charge on any atom is -0.452 e. The fourth-order valence-corrected chi connectivity index (χ4v) is 2.79. The summed E-state index contributed by atoms with van der Waals surface area (Å²) in [5.41, 5.74) is 0.104. The molecule has 0 radical (unpaired) electrons. The first-order chi connectivity index (χ1) is 11.8. The highest BCUT2D eigenvalue weighted by Gasteiger charge is 2.15. The Morgan fingerprint density at radius 1 is 0.960 bits per heavy atom. The van der Waals surface area contributed by atoms with Crippen molar-refractivity contribution in [2.24, 2.45) is 0 Å². The van der Waals surface area contributed by atoms with Crippen LogP contribution in [0.5, 0.6) is 0 Å². The van der Waals surface area contributed by atoms with Gasteiger partial charge in [-0.15, -0.1) is 0 Å². The molecule has 2 amide bonds. The Labute approximate surface area is 146 Å². The maximum absolute atomic E-state index is 11.8. The van der Waals surface area contributed by atoms with Gasteiger partial charge in [0.25, 0.3) is 5.91 Å². The molecule has 138 valence electrons. The van der Waals surface area contributed by atoms with Gasteiger partial charge in [-0.05, 0) is 31.2 Å². The summed E-state index contributed by atoms with van der Waals surface area (Å²) < 4.78 is 30.7. The van der Waals surface area contributed by atoms with Crippen molar-refractivity contribution >= 4 is 27.8 Å². The zero-order chi connectivity index (χ0) is 18.9. The lowest BCUT2D eigenvalue weighted by molar-refractivity contribution is -0.127. The second-order valence-electron chi connectivity index (χ2n) is 4.83. The number of amides is 2. The topological polar surface area (TPSA) is 131 Å². The number of hydrogen-bond donors (Lipinski definition) is 3. The Morgan fingerprint density at radius 3 is 2.16 bits per heavy atom. The van der Waals surface area contributed by atoms with Crippen LogP contribution in [0, 0.1) is 0 Å². The van der Waals surface area contributed by atoms with Crippen molar-refractivity contribution in [2.75, 3.05) is 26.2 Å². The minimum absolute atomic E-state index is 0.0191. The fourth-order valence-electron chi connectivity index (χ4n) is 1.75. The van der Waals surface area contributed by atoms with Crippen LogP contribution < -0.4 is 15.4 Å². The van der Waals surface area contributed by atoms with Crippen LogP contribution in [0.2, 0.25) is 0 Å². The van der Waals surface area contributed by atoms with Crippen LogP contribution in [0.15, 0.2) is 29.2 Å².